The summed E-state index contributed by atoms with van der Waals surface area (Å²) in [6.07, 6.45) is 0.825. The Morgan fingerprint density at radius 2 is 2.08 bits per heavy atom. The maximum Gasteiger partial charge on any atom is 0.338 e. The van der Waals surface area contributed by atoms with Crippen LogP contribution in [0.3, 0.4) is 0 Å². The van der Waals surface area contributed by atoms with E-state index in [1.807, 2.05) is 10.3 Å². The van der Waals surface area contributed by atoms with Gasteiger partial charge in [-0.3, -0.25) is 19.5 Å². The van der Waals surface area contributed by atoms with E-state index in [-0.39, 0.29) is 45.0 Å². The smallest absolute Gasteiger partial charge is 0.338 e. The summed E-state index contributed by atoms with van der Waals surface area (Å²) in [5.74, 6) is -1.52. The van der Waals surface area contributed by atoms with Gasteiger partial charge in [0.15, 0.2) is 10.8 Å². The van der Waals surface area contributed by atoms with Crippen molar-refractivity contribution in [1.29, 1.82) is 0 Å². The highest BCUT2D eigenvalue weighted by molar-refractivity contribution is 9.10. The van der Waals surface area contributed by atoms with Crippen LogP contribution in [0.15, 0.2) is 50.5 Å². The zero-order valence-corrected chi connectivity index (χ0v) is 24.3. The Hall–Kier alpha value is -3.20. The number of halogens is 2. The monoisotopic (exact) mass is 637 g/mol. The minimum absolute atomic E-state index is 0.149. The van der Waals surface area contributed by atoms with Crippen LogP contribution in [0.5, 0.6) is 0 Å². The van der Waals surface area contributed by atoms with Gasteiger partial charge >= 0.3 is 11.9 Å². The van der Waals surface area contributed by atoms with Gasteiger partial charge in [0.2, 0.25) is 0 Å². The number of benzene rings is 1. The highest BCUT2D eigenvalue weighted by atomic mass is 79.9. The summed E-state index contributed by atoms with van der Waals surface area (Å²) in [5.41, 5.74) is 1.37. The maximum absolute atomic E-state index is 13.9. The number of carbonyl (C=O) groups is 3. The normalized spacial score (nSPS) is 19.4. The molecule has 2 aliphatic rings. The highest BCUT2D eigenvalue weighted by Gasteiger charge is 2.36. The van der Waals surface area contributed by atoms with Crippen LogP contribution in [-0.2, 0) is 28.6 Å². The number of hydrogen-bond acceptors (Lipinski definition) is 11. The molecule has 1 amide bonds. The fourth-order valence-corrected chi connectivity index (χ4v) is 5.44. The Morgan fingerprint density at radius 1 is 1.27 bits per heavy atom. The van der Waals surface area contributed by atoms with Crippen LogP contribution in [0.4, 0.5) is 4.39 Å². The number of nitrogens with zero attached hydrogens (tertiary/aromatic N) is 3. The molecule has 4 rings (SSSR count). The molecule has 214 valence electrons. The lowest BCUT2D eigenvalue weighted by Gasteiger charge is -2.35. The number of esters is 2. The standard InChI is InChI=1S/C26H29BrFN5O6S/c1-3-37-20(34)12-30-24(35)19-14-33(8-9-39-19)13-18-21(26(36)38-4-2)22(16-6-5-15(28)11-17(16)27)32-23(31-18)25-29-7-10-40-25/h5-7,10-11,19,22H,3-4,8-9,12-14H2,1-2H3,(H,30,35)(H,31,32). The number of aromatic nitrogens is 1. The molecule has 2 unspecified atom stereocenters. The molecule has 3 heterocycles. The maximum atomic E-state index is 13.9. The molecule has 2 N–H and O–H groups in total. The summed E-state index contributed by atoms with van der Waals surface area (Å²) < 4.78 is 30.3. The lowest BCUT2D eigenvalue weighted by molar-refractivity contribution is -0.146. The van der Waals surface area contributed by atoms with E-state index in [4.69, 9.17) is 19.2 Å². The first kappa shape index (κ1) is 29.8. The van der Waals surface area contributed by atoms with Gasteiger partial charge in [0.05, 0.1) is 25.4 Å². The second kappa shape index (κ2) is 13.9. The van der Waals surface area contributed by atoms with E-state index in [0.29, 0.717) is 33.1 Å². The molecule has 2 atom stereocenters. The van der Waals surface area contributed by atoms with Gasteiger partial charge in [-0.2, -0.15) is 0 Å². The Bertz CT molecular complexity index is 1300. The lowest BCUT2D eigenvalue weighted by Crippen LogP contribution is -2.52. The van der Waals surface area contributed by atoms with E-state index >= 15 is 0 Å². The van der Waals surface area contributed by atoms with E-state index in [1.54, 1.807) is 26.1 Å². The third-order valence-corrected chi connectivity index (χ3v) is 7.52. The minimum Gasteiger partial charge on any atom is -0.465 e. The molecule has 0 radical (unpaired) electrons. The molecule has 1 aromatic carbocycles. The van der Waals surface area contributed by atoms with Crippen molar-refractivity contribution in [3.63, 3.8) is 0 Å². The van der Waals surface area contributed by atoms with Crippen molar-refractivity contribution in [1.82, 2.24) is 20.5 Å². The molecule has 1 saturated heterocycles. The van der Waals surface area contributed by atoms with Crippen molar-refractivity contribution >= 4 is 50.9 Å². The third-order valence-electron chi connectivity index (χ3n) is 6.05. The number of ether oxygens (including phenoxy) is 3. The third kappa shape index (κ3) is 7.30. The van der Waals surface area contributed by atoms with Gasteiger partial charge in [-0.25, -0.2) is 14.2 Å². The van der Waals surface area contributed by atoms with Gasteiger partial charge in [0.1, 0.15) is 24.5 Å². The predicted molar refractivity (Wildman–Crippen MR) is 148 cm³/mol. The average Bonchev–Trinajstić information content (AvgIpc) is 3.47. The minimum atomic E-state index is -0.826. The van der Waals surface area contributed by atoms with Crippen LogP contribution in [0, 0.1) is 5.82 Å². The summed E-state index contributed by atoms with van der Waals surface area (Å²) >= 11 is 4.80. The highest BCUT2D eigenvalue weighted by Crippen LogP contribution is 2.37. The van der Waals surface area contributed by atoms with E-state index in [2.05, 4.69) is 31.5 Å². The Morgan fingerprint density at radius 3 is 2.77 bits per heavy atom. The predicted octanol–water partition coefficient (Wildman–Crippen LogP) is 2.33. The summed E-state index contributed by atoms with van der Waals surface area (Å²) in [6.45, 7) is 4.70. The zero-order valence-electron chi connectivity index (χ0n) is 21.9. The first-order valence-corrected chi connectivity index (χ1v) is 14.3. The molecule has 0 aliphatic carbocycles. The van der Waals surface area contributed by atoms with E-state index in [0.717, 1.165) is 0 Å². The average molecular weight is 639 g/mol. The Balaban J connectivity index is 1.64. The SMILES string of the molecule is CCOC(=O)CNC(=O)C1CN(CC2=C(C(=O)OCC)C(c3ccc(F)cc3Br)N=C(c3nccs3)N2)CCO1. The molecule has 2 aromatic rings. The Kier molecular flexibility index (Phi) is 10.4. The van der Waals surface area contributed by atoms with Crippen LogP contribution in [0.25, 0.3) is 0 Å². The van der Waals surface area contributed by atoms with Crippen molar-refractivity contribution in [2.24, 2.45) is 4.99 Å². The molecule has 2 aliphatic heterocycles. The number of nitrogens with one attached hydrogen (secondary N) is 2. The van der Waals surface area contributed by atoms with Crippen molar-refractivity contribution in [2.75, 3.05) is 46.0 Å². The van der Waals surface area contributed by atoms with Crippen molar-refractivity contribution in [3.05, 3.63) is 61.9 Å². The van der Waals surface area contributed by atoms with Crippen LogP contribution >= 0.6 is 27.3 Å². The second-order valence-corrected chi connectivity index (χ2v) is 10.5. The van der Waals surface area contributed by atoms with Crippen LogP contribution in [0.2, 0.25) is 0 Å². The number of amides is 1. The first-order chi connectivity index (χ1) is 19.3. The van der Waals surface area contributed by atoms with Crippen LogP contribution < -0.4 is 10.6 Å². The summed E-state index contributed by atoms with van der Waals surface area (Å²) in [5, 5.41) is 8.23. The van der Waals surface area contributed by atoms with E-state index < -0.39 is 35.8 Å². The van der Waals surface area contributed by atoms with Gasteiger partial charge in [-0.15, -0.1) is 11.3 Å². The second-order valence-electron chi connectivity index (χ2n) is 8.74. The largest absolute Gasteiger partial charge is 0.465 e. The van der Waals surface area contributed by atoms with Gasteiger partial charge in [0.25, 0.3) is 5.91 Å². The van der Waals surface area contributed by atoms with Crippen LogP contribution in [-0.4, -0.2) is 85.7 Å². The Labute approximate surface area is 242 Å². The number of aliphatic imine (C=N–C) groups is 1. The lowest BCUT2D eigenvalue weighted by atomic mass is 9.95. The summed E-state index contributed by atoms with van der Waals surface area (Å²) in [7, 11) is 0. The molecule has 0 saturated carbocycles. The molecular formula is C26H29BrFN5O6S. The number of thiazole rings is 1. The zero-order chi connectivity index (χ0) is 28.6. The van der Waals surface area contributed by atoms with Gasteiger partial charge in [-0.05, 0) is 31.5 Å². The molecule has 11 nitrogen and oxygen atoms in total. The molecular weight excluding hydrogens is 609 g/mol. The van der Waals surface area contributed by atoms with Crippen LogP contribution in [0.1, 0.15) is 30.5 Å². The quantitative estimate of drug-likeness (QED) is 0.377. The van der Waals surface area contributed by atoms with Crippen molar-refractivity contribution in [2.45, 2.75) is 26.0 Å². The molecule has 14 heteroatoms. The molecule has 0 bridgehead atoms. The molecule has 0 spiro atoms. The van der Waals surface area contributed by atoms with Gasteiger partial charge in [-0.1, -0.05) is 22.0 Å². The van der Waals surface area contributed by atoms with E-state index in [1.165, 1.54) is 23.5 Å². The van der Waals surface area contributed by atoms with Gasteiger partial charge < -0.3 is 24.8 Å². The number of hydrogen-bond donors (Lipinski definition) is 2. The summed E-state index contributed by atoms with van der Waals surface area (Å²) in [6, 6.07) is 3.40. The molecule has 1 fully saturated rings. The molecule has 40 heavy (non-hydrogen) atoms. The van der Waals surface area contributed by atoms with Crippen molar-refractivity contribution in [3.8, 4) is 0 Å². The number of amidine groups is 1. The number of carbonyl (C=O) groups excluding carboxylic acids is 3. The topological polar surface area (TPSA) is 131 Å². The fraction of sp³-hybridized carbons (Fsp3) is 0.423. The first-order valence-electron chi connectivity index (χ1n) is 12.7. The van der Waals surface area contributed by atoms with E-state index in [9.17, 15) is 18.8 Å². The fourth-order valence-electron chi connectivity index (χ4n) is 4.28. The van der Waals surface area contributed by atoms with Crippen molar-refractivity contribution < 1.29 is 33.0 Å². The number of rotatable bonds is 10. The van der Waals surface area contributed by atoms with Gasteiger partial charge in [0, 0.05) is 41.4 Å². The summed E-state index contributed by atoms with van der Waals surface area (Å²) in [4.78, 5) is 48.8. The number of morpholine rings is 1. The molecule has 1 aromatic heterocycles.